The van der Waals surface area contributed by atoms with E-state index < -0.39 is 0 Å². The van der Waals surface area contributed by atoms with Crippen molar-refractivity contribution in [1.82, 2.24) is 5.16 Å². The SMILES string of the molecule is Cc1cc(NCc2c(C)noc2C)c(Cl)cc1F. The molecular weight excluding hydrogens is 255 g/mol. The summed E-state index contributed by atoms with van der Waals surface area (Å²) < 4.78 is 18.3. The van der Waals surface area contributed by atoms with Gasteiger partial charge >= 0.3 is 0 Å². The molecule has 0 saturated heterocycles. The Labute approximate surface area is 110 Å². The first-order chi connectivity index (χ1) is 8.49. The van der Waals surface area contributed by atoms with Crippen molar-refractivity contribution >= 4 is 17.3 Å². The molecule has 0 atom stereocenters. The molecule has 0 radical (unpaired) electrons. The lowest BCUT2D eigenvalue weighted by Gasteiger charge is -2.09. The summed E-state index contributed by atoms with van der Waals surface area (Å²) in [7, 11) is 0. The van der Waals surface area contributed by atoms with Crippen LogP contribution in [0.5, 0.6) is 0 Å². The van der Waals surface area contributed by atoms with Crippen molar-refractivity contribution in [1.29, 1.82) is 0 Å². The largest absolute Gasteiger partial charge is 0.380 e. The molecule has 96 valence electrons. The molecule has 0 unspecified atom stereocenters. The van der Waals surface area contributed by atoms with Gasteiger partial charge in [0.05, 0.1) is 16.4 Å². The molecule has 0 fully saturated rings. The summed E-state index contributed by atoms with van der Waals surface area (Å²) in [6.07, 6.45) is 0. The summed E-state index contributed by atoms with van der Waals surface area (Å²) in [5.41, 5.74) is 3.10. The van der Waals surface area contributed by atoms with Crippen molar-refractivity contribution in [3.8, 4) is 0 Å². The van der Waals surface area contributed by atoms with E-state index in [0.717, 1.165) is 17.0 Å². The van der Waals surface area contributed by atoms with Gasteiger partial charge < -0.3 is 9.84 Å². The molecule has 2 aromatic rings. The maximum atomic E-state index is 13.3. The monoisotopic (exact) mass is 268 g/mol. The maximum absolute atomic E-state index is 13.3. The molecule has 0 aliphatic heterocycles. The Morgan fingerprint density at radius 2 is 2.06 bits per heavy atom. The lowest BCUT2D eigenvalue weighted by molar-refractivity contribution is 0.392. The first kappa shape index (κ1) is 12.9. The lowest BCUT2D eigenvalue weighted by Crippen LogP contribution is -2.02. The summed E-state index contributed by atoms with van der Waals surface area (Å²) in [5.74, 6) is 0.470. The van der Waals surface area contributed by atoms with Gasteiger partial charge in [-0.25, -0.2) is 4.39 Å². The molecule has 1 aromatic carbocycles. The Bertz CT molecular complexity index is 561. The minimum Gasteiger partial charge on any atom is -0.380 e. The Morgan fingerprint density at radius 1 is 1.33 bits per heavy atom. The van der Waals surface area contributed by atoms with Crippen LogP contribution < -0.4 is 5.32 Å². The molecule has 18 heavy (non-hydrogen) atoms. The number of aryl methyl sites for hydroxylation is 3. The zero-order valence-electron chi connectivity index (χ0n) is 10.5. The van der Waals surface area contributed by atoms with Crippen LogP contribution in [0.1, 0.15) is 22.6 Å². The fourth-order valence-electron chi connectivity index (χ4n) is 1.73. The molecule has 0 saturated carbocycles. The molecule has 5 heteroatoms. The van der Waals surface area contributed by atoms with Crippen molar-refractivity contribution in [2.45, 2.75) is 27.3 Å². The van der Waals surface area contributed by atoms with Crippen LogP contribution in [-0.2, 0) is 6.54 Å². The van der Waals surface area contributed by atoms with Crippen LogP contribution in [0.2, 0.25) is 5.02 Å². The zero-order chi connectivity index (χ0) is 13.3. The number of anilines is 1. The predicted octanol–water partition coefficient (Wildman–Crippen LogP) is 4.00. The van der Waals surface area contributed by atoms with Gasteiger partial charge in [-0.3, -0.25) is 0 Å². The molecule has 0 spiro atoms. The zero-order valence-corrected chi connectivity index (χ0v) is 11.2. The van der Waals surface area contributed by atoms with Crippen molar-refractivity contribution < 1.29 is 8.91 Å². The van der Waals surface area contributed by atoms with Crippen LogP contribution in [0.15, 0.2) is 16.7 Å². The third-order valence-corrected chi connectivity index (χ3v) is 3.20. The molecule has 0 bridgehead atoms. The highest BCUT2D eigenvalue weighted by Gasteiger charge is 2.10. The Kier molecular flexibility index (Phi) is 3.57. The van der Waals surface area contributed by atoms with Crippen LogP contribution >= 0.6 is 11.6 Å². The summed E-state index contributed by atoms with van der Waals surface area (Å²) in [6, 6.07) is 3.00. The van der Waals surface area contributed by atoms with Gasteiger partial charge in [0.15, 0.2) is 0 Å². The summed E-state index contributed by atoms with van der Waals surface area (Å²) in [5, 5.41) is 7.41. The van der Waals surface area contributed by atoms with Gasteiger partial charge in [-0.15, -0.1) is 0 Å². The molecule has 2 rings (SSSR count). The van der Waals surface area contributed by atoms with Crippen molar-refractivity contribution in [2.75, 3.05) is 5.32 Å². The molecular formula is C13H14ClFN2O. The highest BCUT2D eigenvalue weighted by molar-refractivity contribution is 6.33. The first-order valence-corrected chi connectivity index (χ1v) is 5.98. The number of halogens is 2. The minimum absolute atomic E-state index is 0.303. The number of hydrogen-bond acceptors (Lipinski definition) is 3. The van der Waals surface area contributed by atoms with Crippen LogP contribution in [0.25, 0.3) is 0 Å². The van der Waals surface area contributed by atoms with Gasteiger partial charge in [0.1, 0.15) is 11.6 Å². The summed E-state index contributed by atoms with van der Waals surface area (Å²) in [4.78, 5) is 0. The highest BCUT2D eigenvalue weighted by Crippen LogP contribution is 2.26. The van der Waals surface area contributed by atoms with Crippen molar-refractivity contribution in [3.05, 3.63) is 45.6 Å². The second-order valence-corrected chi connectivity index (χ2v) is 4.64. The number of benzene rings is 1. The van der Waals surface area contributed by atoms with E-state index in [1.54, 1.807) is 13.0 Å². The molecule has 1 heterocycles. The normalized spacial score (nSPS) is 10.7. The number of rotatable bonds is 3. The van der Waals surface area contributed by atoms with E-state index in [9.17, 15) is 4.39 Å². The molecule has 0 aliphatic carbocycles. The van der Waals surface area contributed by atoms with E-state index in [4.69, 9.17) is 16.1 Å². The van der Waals surface area contributed by atoms with Gasteiger partial charge in [-0.2, -0.15) is 0 Å². The summed E-state index contributed by atoms with van der Waals surface area (Å²) >= 11 is 5.98. The van der Waals surface area contributed by atoms with E-state index in [-0.39, 0.29) is 5.82 Å². The molecule has 0 aliphatic rings. The van der Waals surface area contributed by atoms with Crippen molar-refractivity contribution in [2.24, 2.45) is 0 Å². The third-order valence-electron chi connectivity index (χ3n) is 2.89. The number of hydrogen-bond donors (Lipinski definition) is 1. The maximum Gasteiger partial charge on any atom is 0.138 e. The molecule has 3 nitrogen and oxygen atoms in total. The summed E-state index contributed by atoms with van der Waals surface area (Å²) in [6.45, 7) is 5.98. The third kappa shape index (κ3) is 2.48. The van der Waals surface area contributed by atoms with Gasteiger partial charge in [0.25, 0.3) is 0 Å². The van der Waals surface area contributed by atoms with Gasteiger partial charge in [0, 0.05) is 12.1 Å². The number of aromatic nitrogens is 1. The van der Waals surface area contributed by atoms with Gasteiger partial charge in [-0.1, -0.05) is 16.8 Å². The Hall–Kier alpha value is -1.55. The fraction of sp³-hybridized carbons (Fsp3) is 0.308. The van der Waals surface area contributed by atoms with Crippen LogP contribution in [0, 0.1) is 26.6 Å². The fourth-order valence-corrected chi connectivity index (χ4v) is 1.95. The van der Waals surface area contributed by atoms with E-state index in [1.807, 2.05) is 13.8 Å². The van der Waals surface area contributed by atoms with Gasteiger partial charge in [-0.05, 0) is 38.5 Å². The second-order valence-electron chi connectivity index (χ2n) is 4.24. The van der Waals surface area contributed by atoms with Gasteiger partial charge in [0.2, 0.25) is 0 Å². The highest BCUT2D eigenvalue weighted by atomic mass is 35.5. The standard InChI is InChI=1S/C13H14ClFN2O/c1-7-4-13(11(14)5-12(7)15)16-6-10-8(2)17-18-9(10)3/h4-5,16H,6H2,1-3H3. The average Bonchev–Trinajstić information content (AvgIpc) is 2.62. The average molecular weight is 269 g/mol. The first-order valence-electron chi connectivity index (χ1n) is 5.60. The van der Waals surface area contributed by atoms with E-state index in [0.29, 0.717) is 22.8 Å². The molecule has 0 amide bonds. The van der Waals surface area contributed by atoms with E-state index in [1.165, 1.54) is 6.07 Å². The van der Waals surface area contributed by atoms with Crippen molar-refractivity contribution in [3.63, 3.8) is 0 Å². The van der Waals surface area contributed by atoms with E-state index >= 15 is 0 Å². The molecule has 1 N–H and O–H groups in total. The van der Waals surface area contributed by atoms with Crippen LogP contribution in [0.3, 0.4) is 0 Å². The molecule has 1 aromatic heterocycles. The smallest absolute Gasteiger partial charge is 0.138 e. The van der Waals surface area contributed by atoms with Crippen LogP contribution in [-0.4, -0.2) is 5.16 Å². The number of nitrogens with zero attached hydrogens (tertiary/aromatic N) is 1. The van der Waals surface area contributed by atoms with Crippen LogP contribution in [0.4, 0.5) is 10.1 Å². The minimum atomic E-state index is -0.303. The predicted molar refractivity (Wildman–Crippen MR) is 69.5 cm³/mol. The van der Waals surface area contributed by atoms with E-state index in [2.05, 4.69) is 10.5 Å². The quantitative estimate of drug-likeness (QED) is 0.914. The Morgan fingerprint density at radius 3 is 2.67 bits per heavy atom. The lowest BCUT2D eigenvalue weighted by atomic mass is 10.2. The topological polar surface area (TPSA) is 38.1 Å². The second kappa shape index (κ2) is 4.98. The Balaban J connectivity index is 2.18. The number of nitrogens with one attached hydrogen (secondary N) is 1.